The zero-order valence-corrected chi connectivity index (χ0v) is 4.09. The van der Waals surface area contributed by atoms with Crippen LogP contribution in [0.2, 0.25) is 0 Å². The van der Waals surface area contributed by atoms with E-state index in [-0.39, 0.29) is 0 Å². The van der Waals surface area contributed by atoms with E-state index in [1.54, 1.807) is 0 Å². The second kappa shape index (κ2) is 1.01. The van der Waals surface area contributed by atoms with Crippen LogP contribution in [-0.2, 0) is 0 Å². The smallest absolute Gasteiger partial charge is 0.237 e. The van der Waals surface area contributed by atoms with Crippen LogP contribution >= 0.6 is 0 Å². The molecule has 48 valence electrons. The Balaban J connectivity index is 2.72. The van der Waals surface area contributed by atoms with Crippen LogP contribution in [0.4, 0.5) is 17.6 Å². The number of rotatable bonds is 0. The van der Waals surface area contributed by atoms with Gasteiger partial charge >= 0.3 is 5.92 Å². The van der Waals surface area contributed by atoms with Gasteiger partial charge in [0.25, 0.3) is 0 Å². The van der Waals surface area contributed by atoms with Crippen molar-refractivity contribution in [3.05, 3.63) is 0 Å². The summed E-state index contributed by atoms with van der Waals surface area (Å²) in [4.78, 5) is 0. The van der Waals surface area contributed by atoms with Crippen LogP contribution in [0.5, 0.6) is 0 Å². The van der Waals surface area contributed by atoms with Crippen LogP contribution in [0, 0.1) is 0 Å². The van der Waals surface area contributed by atoms with E-state index in [4.69, 9.17) is 0 Å². The molecule has 0 saturated heterocycles. The zero-order chi connectivity index (χ0) is 6.58. The molecule has 1 fully saturated rings. The third-order valence-electron chi connectivity index (χ3n) is 1.36. The van der Waals surface area contributed by atoms with Gasteiger partial charge in [0.2, 0.25) is 11.8 Å². The van der Waals surface area contributed by atoms with E-state index in [1.165, 1.54) is 0 Å². The molecular weight excluding hydrogens is 124 g/mol. The van der Waals surface area contributed by atoms with Crippen molar-refractivity contribution in [1.82, 2.24) is 0 Å². The molecule has 1 saturated carbocycles. The van der Waals surface area contributed by atoms with Crippen molar-refractivity contribution >= 4 is 0 Å². The highest BCUT2D eigenvalue weighted by Gasteiger charge is 2.82. The summed E-state index contributed by atoms with van der Waals surface area (Å²) in [5.74, 6) is -3.73. The Kier molecular flexibility index (Phi) is 0.742. The Labute approximate surface area is 43.5 Å². The molecule has 4 heteroatoms. The third-order valence-corrected chi connectivity index (χ3v) is 1.36. The predicted octanol–water partition coefficient (Wildman–Crippen LogP) is 1.70. The second-order valence-electron chi connectivity index (χ2n) is 2.06. The third kappa shape index (κ3) is 0.364. The number of alkyl halides is 4. The topological polar surface area (TPSA) is 0 Å². The summed E-state index contributed by atoms with van der Waals surface area (Å²) in [5.41, 5.74) is -2.90. The van der Waals surface area contributed by atoms with Crippen LogP contribution in [0.1, 0.15) is 6.92 Å². The minimum atomic E-state index is -3.73. The van der Waals surface area contributed by atoms with E-state index in [0.717, 1.165) is 0 Å². The fourth-order valence-corrected chi connectivity index (χ4v) is 0.452. The lowest BCUT2D eigenvalue weighted by molar-refractivity contribution is 0.0440. The van der Waals surface area contributed by atoms with E-state index in [9.17, 15) is 17.6 Å². The van der Waals surface area contributed by atoms with Gasteiger partial charge in [-0.15, -0.1) is 0 Å². The van der Waals surface area contributed by atoms with Gasteiger partial charge in [0, 0.05) is 0 Å². The van der Waals surface area contributed by atoms with Gasteiger partial charge in [-0.25, -0.2) is 8.78 Å². The maximum atomic E-state index is 11.8. The molecule has 0 aromatic rings. The van der Waals surface area contributed by atoms with Gasteiger partial charge in [-0.3, -0.25) is 0 Å². The average Bonchev–Trinajstić information content (AvgIpc) is 1.88. The highest BCUT2D eigenvalue weighted by molar-refractivity contribution is 5.19. The molecule has 0 nitrogen and oxygen atoms in total. The van der Waals surface area contributed by atoms with Crippen molar-refractivity contribution < 1.29 is 17.6 Å². The molecule has 0 aromatic heterocycles. The molecule has 0 aliphatic heterocycles. The van der Waals surface area contributed by atoms with Crippen LogP contribution in [0.15, 0.2) is 0 Å². The summed E-state index contributed by atoms with van der Waals surface area (Å²) >= 11 is 0. The van der Waals surface area contributed by atoms with Gasteiger partial charge in [0.1, 0.15) is 0 Å². The van der Waals surface area contributed by atoms with Gasteiger partial charge in [-0.2, -0.15) is 8.78 Å². The van der Waals surface area contributed by atoms with Crippen molar-refractivity contribution in [2.45, 2.75) is 24.7 Å². The summed E-state index contributed by atoms with van der Waals surface area (Å²) in [6.07, 6.45) is -2.59. The first-order chi connectivity index (χ1) is 3.40. The predicted molar refractivity (Wildman–Crippen MR) is 19.4 cm³/mol. The van der Waals surface area contributed by atoms with Crippen molar-refractivity contribution in [2.75, 3.05) is 0 Å². The minimum Gasteiger partial charge on any atom is -0.237 e. The molecule has 2 atom stereocenters. The molecule has 0 spiro atoms. The normalized spacial score (nSPS) is 51.4. The Morgan fingerprint density at radius 2 is 1.38 bits per heavy atom. The Bertz CT molecular complexity index is 103. The molecule has 1 aliphatic rings. The van der Waals surface area contributed by atoms with Gasteiger partial charge in [0.15, 0.2) is 0 Å². The molecule has 0 radical (unpaired) electrons. The molecule has 8 heavy (non-hydrogen) atoms. The van der Waals surface area contributed by atoms with E-state index in [2.05, 4.69) is 0 Å². The van der Waals surface area contributed by atoms with Crippen molar-refractivity contribution in [2.24, 2.45) is 0 Å². The average molecular weight is 128 g/mol. The van der Waals surface area contributed by atoms with E-state index in [1.807, 2.05) is 0 Å². The number of halogens is 4. The molecule has 1 rings (SSSR count). The SMILES string of the molecule is CC1(F)C(F)C1(F)F. The lowest BCUT2D eigenvalue weighted by Crippen LogP contribution is -2.04. The van der Waals surface area contributed by atoms with Crippen molar-refractivity contribution in [3.63, 3.8) is 0 Å². The van der Waals surface area contributed by atoms with Crippen LogP contribution < -0.4 is 0 Å². The molecule has 0 bridgehead atoms. The maximum absolute atomic E-state index is 11.8. The fraction of sp³-hybridized carbons (Fsp3) is 1.00. The molecule has 0 heterocycles. The van der Waals surface area contributed by atoms with E-state index >= 15 is 0 Å². The Morgan fingerprint density at radius 1 is 1.25 bits per heavy atom. The minimum absolute atomic E-state index is 0.553. The lowest BCUT2D eigenvalue weighted by atomic mass is 10.4. The first kappa shape index (κ1) is 5.85. The van der Waals surface area contributed by atoms with E-state index < -0.39 is 17.8 Å². The fourth-order valence-electron chi connectivity index (χ4n) is 0.452. The van der Waals surface area contributed by atoms with Crippen LogP contribution in [0.25, 0.3) is 0 Å². The quantitative estimate of drug-likeness (QED) is 0.435. The van der Waals surface area contributed by atoms with Crippen LogP contribution in [0.3, 0.4) is 0 Å². The van der Waals surface area contributed by atoms with Crippen LogP contribution in [-0.4, -0.2) is 17.8 Å². The standard InChI is InChI=1S/C4H4F4/c1-3(6)2(5)4(3,7)8/h2H,1H3. The molecule has 0 aromatic carbocycles. The van der Waals surface area contributed by atoms with Crippen molar-refractivity contribution in [1.29, 1.82) is 0 Å². The largest absolute Gasteiger partial charge is 0.318 e. The molecule has 0 N–H and O–H groups in total. The first-order valence-corrected chi connectivity index (χ1v) is 2.11. The zero-order valence-electron chi connectivity index (χ0n) is 4.09. The van der Waals surface area contributed by atoms with Gasteiger partial charge in [-0.05, 0) is 6.92 Å². The second-order valence-corrected chi connectivity index (χ2v) is 2.06. The molecule has 2 unspecified atom stereocenters. The monoisotopic (exact) mass is 128 g/mol. The van der Waals surface area contributed by atoms with E-state index in [0.29, 0.717) is 6.92 Å². The summed E-state index contributed by atoms with van der Waals surface area (Å²) < 4.78 is 46.5. The summed E-state index contributed by atoms with van der Waals surface area (Å²) in [7, 11) is 0. The van der Waals surface area contributed by atoms with Gasteiger partial charge in [-0.1, -0.05) is 0 Å². The maximum Gasteiger partial charge on any atom is 0.318 e. The van der Waals surface area contributed by atoms with Crippen molar-refractivity contribution in [3.8, 4) is 0 Å². The summed E-state index contributed by atoms with van der Waals surface area (Å²) in [5, 5.41) is 0. The van der Waals surface area contributed by atoms with Gasteiger partial charge < -0.3 is 0 Å². The molecule has 0 amide bonds. The molecule has 1 aliphatic carbocycles. The first-order valence-electron chi connectivity index (χ1n) is 2.11. The number of hydrogen-bond acceptors (Lipinski definition) is 0. The highest BCUT2D eigenvalue weighted by Crippen LogP contribution is 2.57. The lowest BCUT2D eigenvalue weighted by Gasteiger charge is -1.89. The Morgan fingerprint density at radius 3 is 1.38 bits per heavy atom. The Hall–Kier alpha value is -0.280. The highest BCUT2D eigenvalue weighted by atomic mass is 19.3. The number of hydrogen-bond donors (Lipinski definition) is 0. The summed E-state index contributed by atoms with van der Waals surface area (Å²) in [6.45, 7) is 0.553. The summed E-state index contributed by atoms with van der Waals surface area (Å²) in [6, 6.07) is 0. The van der Waals surface area contributed by atoms with Gasteiger partial charge in [0.05, 0.1) is 0 Å². The molecular formula is C4H4F4.